The molecule has 0 radical (unpaired) electrons. The predicted molar refractivity (Wildman–Crippen MR) is 85.4 cm³/mol. The molecule has 21 heavy (non-hydrogen) atoms. The van der Waals surface area contributed by atoms with Crippen molar-refractivity contribution in [3.63, 3.8) is 0 Å². The molecule has 0 aliphatic heterocycles. The second-order valence-electron chi connectivity index (χ2n) is 5.52. The summed E-state index contributed by atoms with van der Waals surface area (Å²) in [5.41, 5.74) is 7.81. The smallest absolute Gasteiger partial charge is 0.227 e. The summed E-state index contributed by atoms with van der Waals surface area (Å²) < 4.78 is 1.95. The van der Waals surface area contributed by atoms with Gasteiger partial charge in [0.2, 0.25) is 5.91 Å². The van der Waals surface area contributed by atoms with Crippen LogP contribution in [0.1, 0.15) is 23.8 Å². The molecule has 0 saturated heterocycles. The zero-order valence-electron chi connectivity index (χ0n) is 12.1. The molecule has 2 N–H and O–H groups in total. The van der Waals surface area contributed by atoms with Crippen molar-refractivity contribution < 1.29 is 4.79 Å². The molecule has 1 aliphatic carbocycles. The second kappa shape index (κ2) is 5.81. The number of thioether (sulfide) groups is 1. The lowest BCUT2D eigenvalue weighted by Gasteiger charge is -2.18. The van der Waals surface area contributed by atoms with Gasteiger partial charge < -0.3 is 10.3 Å². The average molecular weight is 322 g/mol. The Morgan fingerprint density at radius 1 is 1.57 bits per heavy atom. The molecule has 1 atom stereocenters. The van der Waals surface area contributed by atoms with E-state index in [4.69, 9.17) is 5.73 Å². The molecule has 2 heterocycles. The number of aromatic nitrogens is 3. The SMILES string of the molecule is C[C@H]1CCc2c(-c3nnc(SCC(N)=O)n3C)csc2C1. The first-order chi connectivity index (χ1) is 10.1. The lowest BCUT2D eigenvalue weighted by Crippen LogP contribution is -2.13. The minimum Gasteiger partial charge on any atom is -0.369 e. The Hall–Kier alpha value is -1.34. The third-order valence-corrected chi connectivity index (χ3v) is 5.91. The van der Waals surface area contributed by atoms with E-state index in [2.05, 4.69) is 22.5 Å². The van der Waals surface area contributed by atoms with Crippen LogP contribution in [0.15, 0.2) is 10.5 Å². The van der Waals surface area contributed by atoms with E-state index in [1.54, 1.807) is 0 Å². The van der Waals surface area contributed by atoms with Crippen LogP contribution in [0.2, 0.25) is 0 Å². The number of primary amides is 1. The van der Waals surface area contributed by atoms with Gasteiger partial charge in [-0.1, -0.05) is 18.7 Å². The van der Waals surface area contributed by atoms with E-state index in [-0.39, 0.29) is 11.7 Å². The molecule has 0 bridgehead atoms. The van der Waals surface area contributed by atoms with E-state index in [9.17, 15) is 4.79 Å². The van der Waals surface area contributed by atoms with Crippen LogP contribution in [0.4, 0.5) is 0 Å². The molecule has 0 fully saturated rings. The van der Waals surface area contributed by atoms with Crippen molar-refractivity contribution in [3.8, 4) is 11.4 Å². The Kier molecular flexibility index (Phi) is 4.03. The highest BCUT2D eigenvalue weighted by atomic mass is 32.2. The fourth-order valence-electron chi connectivity index (χ4n) is 2.68. The van der Waals surface area contributed by atoms with E-state index in [0.717, 1.165) is 23.3 Å². The van der Waals surface area contributed by atoms with Crippen molar-refractivity contribution >= 4 is 29.0 Å². The zero-order chi connectivity index (χ0) is 15.0. The van der Waals surface area contributed by atoms with Crippen molar-refractivity contribution in [2.75, 3.05) is 5.75 Å². The van der Waals surface area contributed by atoms with E-state index in [1.807, 2.05) is 23.0 Å². The number of amides is 1. The Morgan fingerprint density at radius 3 is 3.14 bits per heavy atom. The van der Waals surface area contributed by atoms with Gasteiger partial charge in [-0.15, -0.1) is 21.5 Å². The lowest BCUT2D eigenvalue weighted by atomic mass is 9.88. The summed E-state index contributed by atoms with van der Waals surface area (Å²) in [5, 5.41) is 11.4. The summed E-state index contributed by atoms with van der Waals surface area (Å²) in [6, 6.07) is 0. The number of hydrogen-bond donors (Lipinski definition) is 1. The monoisotopic (exact) mass is 322 g/mol. The number of rotatable bonds is 4. The van der Waals surface area contributed by atoms with Crippen molar-refractivity contribution in [2.45, 2.75) is 31.3 Å². The first-order valence-electron chi connectivity index (χ1n) is 6.96. The lowest BCUT2D eigenvalue weighted by molar-refractivity contribution is -0.115. The summed E-state index contributed by atoms with van der Waals surface area (Å²) in [6.45, 7) is 2.31. The normalized spacial score (nSPS) is 17.7. The molecule has 3 rings (SSSR count). The van der Waals surface area contributed by atoms with Crippen LogP contribution in [0, 0.1) is 5.92 Å². The van der Waals surface area contributed by atoms with Gasteiger partial charge in [0, 0.05) is 22.9 Å². The molecule has 112 valence electrons. The van der Waals surface area contributed by atoms with Crippen LogP contribution in [0.3, 0.4) is 0 Å². The molecule has 2 aromatic rings. The molecule has 7 heteroatoms. The van der Waals surface area contributed by atoms with Gasteiger partial charge in [0.05, 0.1) is 5.75 Å². The largest absolute Gasteiger partial charge is 0.369 e. The topological polar surface area (TPSA) is 73.8 Å². The van der Waals surface area contributed by atoms with E-state index < -0.39 is 0 Å². The van der Waals surface area contributed by atoms with E-state index in [1.165, 1.54) is 40.6 Å². The van der Waals surface area contributed by atoms with Crippen LogP contribution in [0.5, 0.6) is 0 Å². The Labute approximate surface area is 131 Å². The second-order valence-corrected chi connectivity index (χ2v) is 7.43. The Morgan fingerprint density at radius 2 is 2.38 bits per heavy atom. The summed E-state index contributed by atoms with van der Waals surface area (Å²) in [7, 11) is 1.94. The maximum Gasteiger partial charge on any atom is 0.227 e. The van der Waals surface area contributed by atoms with E-state index >= 15 is 0 Å². The Balaban J connectivity index is 1.90. The predicted octanol–water partition coefficient (Wildman–Crippen LogP) is 2.25. The van der Waals surface area contributed by atoms with Crippen LogP contribution in [0.25, 0.3) is 11.4 Å². The Bertz CT molecular complexity index is 677. The molecular formula is C14H18N4OS2. The highest BCUT2D eigenvalue weighted by Gasteiger charge is 2.23. The molecule has 0 unspecified atom stereocenters. The summed E-state index contributed by atoms with van der Waals surface area (Å²) in [6.07, 6.45) is 3.52. The standard InChI is InChI=1S/C14H18N4OS2/c1-8-3-4-9-10(6-20-11(9)5-8)13-16-17-14(18(13)2)21-7-12(15)19/h6,8H,3-5,7H2,1-2H3,(H2,15,19)/t8-/m0/s1. The van der Waals surface area contributed by atoms with Gasteiger partial charge in [-0.05, 0) is 30.7 Å². The summed E-state index contributed by atoms with van der Waals surface area (Å²) in [4.78, 5) is 12.4. The molecule has 2 aromatic heterocycles. The van der Waals surface area contributed by atoms with Gasteiger partial charge in [-0.25, -0.2) is 0 Å². The van der Waals surface area contributed by atoms with Crippen molar-refractivity contribution in [1.29, 1.82) is 0 Å². The minimum atomic E-state index is -0.341. The number of carbonyl (C=O) groups excluding carboxylic acids is 1. The third-order valence-electron chi connectivity index (χ3n) is 3.82. The van der Waals surface area contributed by atoms with Crippen molar-refractivity contribution in [2.24, 2.45) is 18.7 Å². The maximum atomic E-state index is 10.9. The van der Waals surface area contributed by atoms with Crippen molar-refractivity contribution in [1.82, 2.24) is 14.8 Å². The molecule has 5 nitrogen and oxygen atoms in total. The van der Waals surface area contributed by atoms with Gasteiger partial charge in [0.15, 0.2) is 11.0 Å². The van der Waals surface area contributed by atoms with Gasteiger partial charge >= 0.3 is 0 Å². The fourth-order valence-corrected chi connectivity index (χ4v) is 4.57. The van der Waals surface area contributed by atoms with Gasteiger partial charge in [0.1, 0.15) is 0 Å². The molecule has 0 spiro atoms. The average Bonchev–Trinajstić information content (AvgIpc) is 2.99. The van der Waals surface area contributed by atoms with Gasteiger partial charge in [-0.3, -0.25) is 4.79 Å². The molecule has 0 saturated carbocycles. The minimum absolute atomic E-state index is 0.227. The quantitative estimate of drug-likeness (QED) is 0.876. The first-order valence-corrected chi connectivity index (χ1v) is 8.83. The number of fused-ring (bicyclic) bond motifs is 1. The fraction of sp³-hybridized carbons (Fsp3) is 0.500. The maximum absolute atomic E-state index is 10.9. The van der Waals surface area contributed by atoms with Gasteiger partial charge in [0.25, 0.3) is 0 Å². The van der Waals surface area contributed by atoms with Crippen LogP contribution in [-0.4, -0.2) is 26.4 Å². The van der Waals surface area contributed by atoms with Crippen molar-refractivity contribution in [3.05, 3.63) is 15.8 Å². The summed E-state index contributed by atoms with van der Waals surface area (Å²) in [5.74, 6) is 1.54. The molecule has 1 amide bonds. The highest BCUT2D eigenvalue weighted by molar-refractivity contribution is 7.99. The molecular weight excluding hydrogens is 304 g/mol. The highest BCUT2D eigenvalue weighted by Crippen LogP contribution is 2.37. The number of nitrogens with zero attached hydrogens (tertiary/aromatic N) is 3. The third kappa shape index (κ3) is 2.85. The number of hydrogen-bond acceptors (Lipinski definition) is 5. The van der Waals surface area contributed by atoms with E-state index in [0.29, 0.717) is 0 Å². The van der Waals surface area contributed by atoms with Crippen LogP contribution in [-0.2, 0) is 24.7 Å². The molecule has 1 aliphatic rings. The molecule has 0 aromatic carbocycles. The van der Waals surface area contributed by atoms with Crippen LogP contribution >= 0.6 is 23.1 Å². The van der Waals surface area contributed by atoms with Gasteiger partial charge in [-0.2, -0.15) is 0 Å². The number of thiophene rings is 1. The summed E-state index contributed by atoms with van der Waals surface area (Å²) >= 11 is 3.15. The first kappa shape index (κ1) is 14.6. The zero-order valence-corrected chi connectivity index (χ0v) is 13.8. The number of carbonyl (C=O) groups is 1. The number of nitrogens with two attached hydrogens (primary N) is 1. The van der Waals surface area contributed by atoms with Crippen LogP contribution < -0.4 is 5.73 Å².